The maximum absolute atomic E-state index is 12.4. The molecule has 0 saturated heterocycles. The van der Waals surface area contributed by atoms with Crippen molar-refractivity contribution in [1.82, 2.24) is 10.3 Å². The van der Waals surface area contributed by atoms with E-state index in [1.165, 1.54) is 17.5 Å². The van der Waals surface area contributed by atoms with Crippen LogP contribution in [0.4, 0.5) is 0 Å². The summed E-state index contributed by atoms with van der Waals surface area (Å²) in [5.74, 6) is 1.40. The number of hydrogen-bond donors (Lipinski definition) is 1. The van der Waals surface area contributed by atoms with Gasteiger partial charge in [0.15, 0.2) is 11.7 Å². The summed E-state index contributed by atoms with van der Waals surface area (Å²) in [5, 5.41) is 3.13. The maximum Gasteiger partial charge on any atom is 0.220 e. The molecule has 0 unspecified atom stereocenters. The van der Waals surface area contributed by atoms with Crippen LogP contribution in [0.5, 0.6) is 0 Å². The molecular formula is C24H26N2O2. The van der Waals surface area contributed by atoms with Crippen molar-refractivity contribution in [3.8, 4) is 11.3 Å². The van der Waals surface area contributed by atoms with E-state index in [-0.39, 0.29) is 11.3 Å². The fourth-order valence-corrected chi connectivity index (χ4v) is 3.82. The molecule has 1 amide bonds. The molecule has 4 rings (SSSR count). The zero-order valence-electron chi connectivity index (χ0n) is 16.3. The Hall–Kier alpha value is -2.88. The third-order valence-corrected chi connectivity index (χ3v) is 5.78. The molecule has 28 heavy (non-hydrogen) atoms. The SMILES string of the molecule is Cc1ccc(-c2cnc(CCC(=O)NCC3(c4ccccc4)CCC3)o2)cc1. The number of carbonyl (C=O) groups is 1. The number of aromatic nitrogens is 1. The van der Waals surface area contributed by atoms with Gasteiger partial charge in [0.05, 0.1) is 6.20 Å². The molecule has 4 nitrogen and oxygen atoms in total. The van der Waals surface area contributed by atoms with Gasteiger partial charge in [0.2, 0.25) is 5.91 Å². The lowest BCUT2D eigenvalue weighted by Gasteiger charge is -2.42. The van der Waals surface area contributed by atoms with Gasteiger partial charge in [0.25, 0.3) is 0 Å². The van der Waals surface area contributed by atoms with Crippen LogP contribution in [-0.2, 0) is 16.6 Å². The Bertz CT molecular complexity index is 925. The van der Waals surface area contributed by atoms with E-state index < -0.39 is 0 Å². The highest BCUT2D eigenvalue weighted by atomic mass is 16.4. The van der Waals surface area contributed by atoms with E-state index in [2.05, 4.69) is 41.5 Å². The predicted molar refractivity (Wildman–Crippen MR) is 110 cm³/mol. The third-order valence-electron chi connectivity index (χ3n) is 5.78. The summed E-state index contributed by atoms with van der Waals surface area (Å²) >= 11 is 0. The largest absolute Gasteiger partial charge is 0.441 e. The lowest BCUT2D eigenvalue weighted by molar-refractivity contribution is -0.121. The fourth-order valence-electron chi connectivity index (χ4n) is 3.82. The van der Waals surface area contributed by atoms with Gasteiger partial charge in [0, 0.05) is 30.4 Å². The molecule has 0 spiro atoms. The van der Waals surface area contributed by atoms with Crippen molar-refractivity contribution in [1.29, 1.82) is 0 Å². The first kappa shape index (κ1) is 18.5. The van der Waals surface area contributed by atoms with Crippen LogP contribution < -0.4 is 5.32 Å². The number of nitrogens with one attached hydrogen (secondary N) is 1. The second kappa shape index (κ2) is 8.01. The Kier molecular flexibility index (Phi) is 5.29. The van der Waals surface area contributed by atoms with Gasteiger partial charge in [-0.1, -0.05) is 66.6 Å². The number of benzene rings is 2. The molecule has 4 heteroatoms. The number of nitrogens with zero attached hydrogens (tertiary/aromatic N) is 1. The van der Waals surface area contributed by atoms with Crippen molar-refractivity contribution in [3.63, 3.8) is 0 Å². The first-order chi connectivity index (χ1) is 13.6. The van der Waals surface area contributed by atoms with Crippen LogP contribution in [0.15, 0.2) is 65.2 Å². The second-order valence-electron chi connectivity index (χ2n) is 7.76. The number of oxazole rings is 1. The maximum atomic E-state index is 12.4. The van der Waals surface area contributed by atoms with Crippen molar-refractivity contribution >= 4 is 5.91 Å². The van der Waals surface area contributed by atoms with Crippen molar-refractivity contribution < 1.29 is 9.21 Å². The minimum Gasteiger partial charge on any atom is -0.441 e. The summed E-state index contributed by atoms with van der Waals surface area (Å²) in [6.07, 6.45) is 6.13. The van der Waals surface area contributed by atoms with Gasteiger partial charge < -0.3 is 9.73 Å². The van der Waals surface area contributed by atoms with Gasteiger partial charge in [-0.15, -0.1) is 0 Å². The molecule has 2 aromatic carbocycles. The number of hydrogen-bond acceptors (Lipinski definition) is 3. The van der Waals surface area contributed by atoms with Crippen LogP contribution in [-0.4, -0.2) is 17.4 Å². The van der Waals surface area contributed by atoms with E-state index in [9.17, 15) is 4.79 Å². The van der Waals surface area contributed by atoms with Gasteiger partial charge in [-0.05, 0) is 25.3 Å². The first-order valence-corrected chi connectivity index (χ1v) is 9.99. The van der Waals surface area contributed by atoms with Gasteiger partial charge in [-0.2, -0.15) is 0 Å². The second-order valence-corrected chi connectivity index (χ2v) is 7.76. The zero-order chi connectivity index (χ0) is 19.4. The van der Waals surface area contributed by atoms with Crippen LogP contribution in [0.3, 0.4) is 0 Å². The third kappa shape index (κ3) is 4.01. The van der Waals surface area contributed by atoms with Crippen molar-refractivity contribution in [2.75, 3.05) is 6.54 Å². The highest BCUT2D eigenvalue weighted by molar-refractivity contribution is 5.76. The topological polar surface area (TPSA) is 55.1 Å². The van der Waals surface area contributed by atoms with Gasteiger partial charge in [-0.25, -0.2) is 4.98 Å². The van der Waals surface area contributed by atoms with E-state index >= 15 is 0 Å². The molecule has 1 saturated carbocycles. The summed E-state index contributed by atoms with van der Waals surface area (Å²) in [4.78, 5) is 16.7. The van der Waals surface area contributed by atoms with Gasteiger partial charge >= 0.3 is 0 Å². The molecule has 144 valence electrons. The van der Waals surface area contributed by atoms with E-state index in [0.29, 0.717) is 25.3 Å². The van der Waals surface area contributed by atoms with Gasteiger partial charge in [0.1, 0.15) is 0 Å². The van der Waals surface area contributed by atoms with E-state index in [4.69, 9.17) is 4.42 Å². The molecule has 3 aromatic rings. The smallest absolute Gasteiger partial charge is 0.220 e. The predicted octanol–water partition coefficient (Wildman–Crippen LogP) is 4.82. The van der Waals surface area contributed by atoms with Crippen molar-refractivity contribution in [2.45, 2.75) is 44.4 Å². The Morgan fingerprint density at radius 3 is 2.54 bits per heavy atom. The molecule has 0 bridgehead atoms. The highest BCUT2D eigenvalue weighted by Crippen LogP contribution is 2.43. The lowest BCUT2D eigenvalue weighted by atomic mass is 9.64. The molecule has 1 heterocycles. The van der Waals surface area contributed by atoms with Crippen LogP contribution >= 0.6 is 0 Å². The Balaban J connectivity index is 1.30. The van der Waals surface area contributed by atoms with Crippen LogP contribution in [0, 0.1) is 6.92 Å². The molecular weight excluding hydrogens is 348 g/mol. The fraction of sp³-hybridized carbons (Fsp3) is 0.333. The Morgan fingerprint density at radius 1 is 1.11 bits per heavy atom. The molecule has 0 atom stereocenters. The number of carbonyl (C=O) groups excluding carboxylic acids is 1. The summed E-state index contributed by atoms with van der Waals surface area (Å²) in [5.41, 5.74) is 3.65. The number of rotatable bonds is 7. The molecule has 1 aliphatic rings. The van der Waals surface area contributed by atoms with Crippen LogP contribution in [0.1, 0.15) is 42.7 Å². The quantitative estimate of drug-likeness (QED) is 0.645. The molecule has 1 aromatic heterocycles. The molecule has 0 radical (unpaired) electrons. The molecule has 1 aliphatic carbocycles. The average molecular weight is 374 g/mol. The minimum absolute atomic E-state index is 0.0530. The van der Waals surface area contributed by atoms with Crippen LogP contribution in [0.25, 0.3) is 11.3 Å². The summed E-state index contributed by atoms with van der Waals surface area (Å²) in [6, 6.07) is 18.7. The number of amides is 1. The van der Waals surface area contributed by atoms with E-state index in [1.807, 2.05) is 30.3 Å². The molecule has 1 N–H and O–H groups in total. The van der Waals surface area contributed by atoms with E-state index in [0.717, 1.165) is 24.2 Å². The van der Waals surface area contributed by atoms with Crippen molar-refractivity contribution in [3.05, 3.63) is 77.8 Å². The zero-order valence-corrected chi connectivity index (χ0v) is 16.3. The summed E-state index contributed by atoms with van der Waals surface area (Å²) in [6.45, 7) is 2.76. The van der Waals surface area contributed by atoms with Crippen molar-refractivity contribution in [2.24, 2.45) is 0 Å². The Labute approximate surface area is 166 Å². The Morgan fingerprint density at radius 2 is 1.86 bits per heavy atom. The monoisotopic (exact) mass is 374 g/mol. The van der Waals surface area contributed by atoms with Crippen LogP contribution in [0.2, 0.25) is 0 Å². The normalized spacial score (nSPS) is 15.0. The summed E-state index contributed by atoms with van der Waals surface area (Å²) < 4.78 is 5.82. The minimum atomic E-state index is 0.0530. The molecule has 0 aliphatic heterocycles. The standard InChI is InChI=1S/C24H26N2O2/c1-18-8-10-19(11-9-18)21-16-25-23(28-21)13-12-22(27)26-17-24(14-5-15-24)20-6-3-2-4-7-20/h2-4,6-11,16H,5,12-15,17H2,1H3,(H,26,27). The van der Waals surface area contributed by atoms with E-state index in [1.54, 1.807) is 6.20 Å². The average Bonchev–Trinajstić information content (AvgIpc) is 3.16. The van der Waals surface area contributed by atoms with Gasteiger partial charge in [-0.3, -0.25) is 4.79 Å². The molecule has 1 fully saturated rings. The first-order valence-electron chi connectivity index (χ1n) is 9.99. The summed E-state index contributed by atoms with van der Waals surface area (Å²) in [7, 11) is 0. The number of aryl methyl sites for hydroxylation is 2. The highest BCUT2D eigenvalue weighted by Gasteiger charge is 2.38. The lowest BCUT2D eigenvalue weighted by Crippen LogP contribution is -2.45.